The molecule has 1 aromatic rings. The number of carbonyl (C=O) groups is 3. The monoisotopic (exact) mass is 645 g/mol. The number of amides is 1. The number of rotatable bonds is 15. The first-order chi connectivity index (χ1) is 20.6. The van der Waals surface area contributed by atoms with E-state index in [0.29, 0.717) is 22.4 Å². The maximum atomic E-state index is 13.2. The molecule has 1 amide bonds. The number of nitrogens with zero attached hydrogens (tertiary/aromatic N) is 1. The molecular formula is C29H34F3NO10S. The molecule has 44 heavy (non-hydrogen) atoms. The smallest absolute Gasteiger partial charge is 0.489 e. The Morgan fingerprint density at radius 1 is 1.14 bits per heavy atom. The lowest BCUT2D eigenvalue weighted by Crippen LogP contribution is -2.64. The highest BCUT2D eigenvalue weighted by atomic mass is 32.2. The average molecular weight is 646 g/mol. The van der Waals surface area contributed by atoms with Crippen LogP contribution in [0.5, 0.6) is 5.75 Å². The van der Waals surface area contributed by atoms with Gasteiger partial charge < -0.3 is 23.8 Å². The van der Waals surface area contributed by atoms with Crippen LogP contribution < -0.4 is 4.74 Å². The highest BCUT2D eigenvalue weighted by Crippen LogP contribution is 2.48. The Labute approximate surface area is 253 Å². The first kappa shape index (κ1) is 34.6. The van der Waals surface area contributed by atoms with E-state index >= 15 is 0 Å². The standard InChI is InChI=1S/C29H34F3NO10S/c1-6-12-39-27(35)25-21(18(4)24-23(26(34)33(24)25)19(5)43-28(36)40-13-7-2)16-41-22-11-10-20(15-17(22)3)9-8-14-42-44(37,38)29(30,31)32/h6-7,10-11,15,18-19,23-24H,1-2,8-9,12-14,16H2,3-5H3/t18?,19?,23?,24-/m1/s1. The van der Waals surface area contributed by atoms with Gasteiger partial charge in [-0.1, -0.05) is 44.4 Å². The van der Waals surface area contributed by atoms with Gasteiger partial charge in [0.2, 0.25) is 5.91 Å². The third kappa shape index (κ3) is 7.62. The first-order valence-corrected chi connectivity index (χ1v) is 15.0. The topological polar surface area (TPSA) is 135 Å². The summed E-state index contributed by atoms with van der Waals surface area (Å²) in [5.41, 5.74) is -3.54. The number of benzene rings is 1. The van der Waals surface area contributed by atoms with Gasteiger partial charge in [-0.05, 0) is 43.9 Å². The summed E-state index contributed by atoms with van der Waals surface area (Å²) in [6.45, 7) is 11.3. The third-order valence-electron chi connectivity index (χ3n) is 7.18. The minimum absolute atomic E-state index is 0.0239. The lowest BCUT2D eigenvalue weighted by atomic mass is 9.77. The molecule has 0 saturated carbocycles. The quantitative estimate of drug-likeness (QED) is 0.0676. The summed E-state index contributed by atoms with van der Waals surface area (Å²) in [5, 5.41) is 0. The second-order valence-electron chi connectivity index (χ2n) is 10.2. The molecule has 0 bridgehead atoms. The van der Waals surface area contributed by atoms with Crippen LogP contribution in [0.15, 0.2) is 54.8 Å². The molecule has 3 rings (SSSR count). The van der Waals surface area contributed by atoms with Crippen molar-refractivity contribution in [2.45, 2.75) is 51.3 Å². The van der Waals surface area contributed by atoms with Gasteiger partial charge in [0.05, 0.1) is 18.6 Å². The molecular weight excluding hydrogens is 611 g/mol. The zero-order chi connectivity index (χ0) is 32.8. The van der Waals surface area contributed by atoms with E-state index in [4.69, 9.17) is 18.9 Å². The van der Waals surface area contributed by atoms with Crippen LogP contribution >= 0.6 is 0 Å². The molecule has 1 aromatic carbocycles. The normalized spacial score (nSPS) is 20.4. The van der Waals surface area contributed by atoms with Crippen LogP contribution in [0.3, 0.4) is 0 Å². The number of esters is 1. The molecule has 3 unspecified atom stereocenters. The molecule has 1 fully saturated rings. The number of carbonyl (C=O) groups excluding carboxylic acids is 3. The summed E-state index contributed by atoms with van der Waals surface area (Å²) in [6, 6.07) is 4.54. The Balaban J connectivity index is 1.70. The summed E-state index contributed by atoms with van der Waals surface area (Å²) in [7, 11) is -5.64. The van der Waals surface area contributed by atoms with Crippen LogP contribution in [-0.2, 0) is 44.5 Å². The van der Waals surface area contributed by atoms with Crippen LogP contribution in [0.2, 0.25) is 0 Å². The minimum Gasteiger partial charge on any atom is -0.489 e. The van der Waals surface area contributed by atoms with Gasteiger partial charge in [0.25, 0.3) is 0 Å². The summed E-state index contributed by atoms with van der Waals surface area (Å²) < 4.78 is 84.7. The van der Waals surface area contributed by atoms with Gasteiger partial charge in [0, 0.05) is 11.5 Å². The number of hydrogen-bond donors (Lipinski definition) is 0. The second kappa shape index (κ2) is 14.3. The van der Waals surface area contributed by atoms with Crippen LogP contribution in [0.1, 0.15) is 31.4 Å². The molecule has 11 nitrogen and oxygen atoms in total. The zero-order valence-electron chi connectivity index (χ0n) is 24.4. The Bertz CT molecular complexity index is 1420. The molecule has 242 valence electrons. The van der Waals surface area contributed by atoms with Gasteiger partial charge in [0.15, 0.2) is 0 Å². The molecule has 4 atom stereocenters. The van der Waals surface area contributed by atoms with Crippen LogP contribution in [0.25, 0.3) is 0 Å². The van der Waals surface area contributed by atoms with E-state index in [9.17, 15) is 36.0 Å². The van der Waals surface area contributed by atoms with Crippen LogP contribution in [0, 0.1) is 18.8 Å². The predicted molar refractivity (Wildman–Crippen MR) is 149 cm³/mol. The summed E-state index contributed by atoms with van der Waals surface area (Å²) >= 11 is 0. The van der Waals surface area contributed by atoms with E-state index < -0.39 is 58.3 Å². The number of fused-ring (bicyclic) bond motifs is 1. The van der Waals surface area contributed by atoms with Crippen molar-refractivity contribution in [1.82, 2.24) is 4.90 Å². The molecule has 0 N–H and O–H groups in total. The average Bonchev–Trinajstić information content (AvgIpc) is 3.19. The molecule has 0 spiro atoms. The van der Waals surface area contributed by atoms with E-state index in [2.05, 4.69) is 17.3 Å². The SMILES string of the molecule is C=CCOC(=O)OC(C)C1C(=O)N2C(C(=O)OCC=C)=C(COc3ccc(CCCOS(=O)(=O)C(F)(F)F)cc3C)C(C)[C@H]12. The van der Waals surface area contributed by atoms with Gasteiger partial charge >= 0.3 is 27.8 Å². The van der Waals surface area contributed by atoms with Crippen molar-refractivity contribution < 1.29 is 59.1 Å². The Morgan fingerprint density at radius 3 is 2.41 bits per heavy atom. The minimum atomic E-state index is -5.64. The fraction of sp³-hybridized carbons (Fsp3) is 0.483. The first-order valence-electron chi connectivity index (χ1n) is 13.6. The second-order valence-corrected chi connectivity index (χ2v) is 11.8. The summed E-state index contributed by atoms with van der Waals surface area (Å²) in [5.74, 6) is -1.81. The van der Waals surface area contributed by atoms with Crippen molar-refractivity contribution in [2.24, 2.45) is 11.8 Å². The Hall–Kier alpha value is -3.85. The molecule has 0 aromatic heterocycles. The van der Waals surface area contributed by atoms with Gasteiger partial charge in [-0.15, -0.1) is 0 Å². The lowest BCUT2D eigenvalue weighted by molar-refractivity contribution is -0.164. The number of aryl methyl sites for hydroxylation is 2. The fourth-order valence-electron chi connectivity index (χ4n) is 5.10. The van der Waals surface area contributed by atoms with Gasteiger partial charge in [0.1, 0.15) is 37.4 Å². The van der Waals surface area contributed by atoms with E-state index in [1.54, 1.807) is 32.0 Å². The molecule has 2 aliphatic heterocycles. The highest BCUT2D eigenvalue weighted by molar-refractivity contribution is 7.87. The lowest BCUT2D eigenvalue weighted by Gasteiger charge is -2.47. The van der Waals surface area contributed by atoms with Gasteiger partial charge in [-0.3, -0.25) is 8.98 Å². The highest BCUT2D eigenvalue weighted by Gasteiger charge is 2.61. The van der Waals surface area contributed by atoms with E-state index in [1.807, 2.05) is 6.92 Å². The van der Waals surface area contributed by atoms with Gasteiger partial charge in [-0.25, -0.2) is 9.59 Å². The maximum Gasteiger partial charge on any atom is 0.523 e. The van der Waals surface area contributed by atoms with Crippen molar-refractivity contribution in [1.29, 1.82) is 0 Å². The zero-order valence-corrected chi connectivity index (χ0v) is 25.2. The van der Waals surface area contributed by atoms with Gasteiger partial charge in [-0.2, -0.15) is 21.6 Å². The molecule has 15 heteroatoms. The Morgan fingerprint density at radius 2 is 1.80 bits per heavy atom. The molecule has 0 radical (unpaired) electrons. The molecule has 2 heterocycles. The third-order valence-corrected chi connectivity index (χ3v) is 8.23. The van der Waals surface area contributed by atoms with Crippen LogP contribution in [0.4, 0.5) is 18.0 Å². The van der Waals surface area contributed by atoms with E-state index in [1.165, 1.54) is 17.1 Å². The maximum absolute atomic E-state index is 13.2. The largest absolute Gasteiger partial charge is 0.523 e. The number of β-lactam (4-membered cyclic amide) rings is 1. The summed E-state index contributed by atoms with van der Waals surface area (Å²) in [6.07, 6.45) is 1.24. The van der Waals surface area contributed by atoms with Crippen molar-refractivity contribution in [3.8, 4) is 5.75 Å². The number of hydrogen-bond acceptors (Lipinski definition) is 10. The van der Waals surface area contributed by atoms with Crippen molar-refractivity contribution >= 4 is 28.1 Å². The van der Waals surface area contributed by atoms with Crippen LogP contribution in [-0.4, -0.2) is 75.4 Å². The van der Waals surface area contributed by atoms with Crippen molar-refractivity contribution in [3.05, 3.63) is 65.9 Å². The number of ether oxygens (including phenoxy) is 4. The van der Waals surface area contributed by atoms with E-state index in [0.717, 1.165) is 0 Å². The molecule has 1 saturated heterocycles. The van der Waals surface area contributed by atoms with Crippen molar-refractivity contribution in [3.63, 3.8) is 0 Å². The number of alkyl halides is 3. The van der Waals surface area contributed by atoms with E-state index in [-0.39, 0.29) is 44.3 Å². The van der Waals surface area contributed by atoms with Crippen molar-refractivity contribution in [2.75, 3.05) is 26.4 Å². The number of halogens is 3. The molecule has 0 aliphatic carbocycles. The predicted octanol–water partition coefficient (Wildman–Crippen LogP) is 4.36. The molecule has 2 aliphatic rings. The Kier molecular flexibility index (Phi) is 11.2. The summed E-state index contributed by atoms with van der Waals surface area (Å²) in [4.78, 5) is 39.5. The fourth-order valence-corrected chi connectivity index (χ4v) is 5.57.